The Kier molecular flexibility index (Phi) is 9.32. The lowest BCUT2D eigenvalue weighted by molar-refractivity contribution is -0.130. The molecule has 3 aromatic rings. The van der Waals surface area contributed by atoms with E-state index in [1.165, 1.54) is 35.7 Å². The maximum absolute atomic E-state index is 13.0. The van der Waals surface area contributed by atoms with E-state index in [9.17, 15) is 14.3 Å². The molecule has 0 fully saturated rings. The fourth-order valence-corrected chi connectivity index (χ4v) is 3.87. The van der Waals surface area contributed by atoms with Gasteiger partial charge in [0.15, 0.2) is 0 Å². The Balaban J connectivity index is 1.50. The quantitative estimate of drug-likeness (QED) is 0.153. The molecule has 2 aromatic carbocycles. The van der Waals surface area contributed by atoms with Gasteiger partial charge < -0.3 is 14.6 Å². The lowest BCUT2D eigenvalue weighted by Crippen LogP contribution is -2.04. The van der Waals surface area contributed by atoms with Gasteiger partial charge in [0.2, 0.25) is 0 Å². The van der Waals surface area contributed by atoms with Crippen molar-refractivity contribution in [3.05, 3.63) is 95.8 Å². The Morgan fingerprint density at radius 1 is 1.06 bits per heavy atom. The maximum Gasteiger partial charge on any atom is 0.341 e. The van der Waals surface area contributed by atoms with Gasteiger partial charge in [0, 0.05) is 10.6 Å². The van der Waals surface area contributed by atoms with Gasteiger partial charge in [-0.15, -0.1) is 11.8 Å². The Hall–Kier alpha value is -3.32. The number of carbonyl (C=O) groups is 1. The molecule has 1 N–H and O–H groups in total. The average molecular weight is 468 g/mol. The van der Waals surface area contributed by atoms with Crippen LogP contribution < -0.4 is 4.74 Å². The lowest BCUT2D eigenvalue weighted by Gasteiger charge is -2.07. The third kappa shape index (κ3) is 7.95. The summed E-state index contributed by atoms with van der Waals surface area (Å²) in [6, 6.07) is 19.4. The number of carboxylic acids is 1. The first-order valence-electron chi connectivity index (χ1n) is 10.6. The Morgan fingerprint density at radius 2 is 1.82 bits per heavy atom. The number of methoxy groups -OCH3 is 1. The van der Waals surface area contributed by atoms with Crippen molar-refractivity contribution in [1.29, 1.82) is 0 Å². The summed E-state index contributed by atoms with van der Waals surface area (Å²) in [6.07, 6.45) is 3.92. The number of pyridine rings is 1. The minimum absolute atomic E-state index is 0.0128. The zero-order valence-corrected chi connectivity index (χ0v) is 19.2. The summed E-state index contributed by atoms with van der Waals surface area (Å²) in [5, 5.41) is 9.61. The number of aliphatic carboxylic acids is 1. The lowest BCUT2D eigenvalue weighted by atomic mass is 10.1. The fourth-order valence-electron chi connectivity index (χ4n) is 3.07. The van der Waals surface area contributed by atoms with Crippen LogP contribution in [0.15, 0.2) is 77.9 Å². The number of benzene rings is 2. The van der Waals surface area contributed by atoms with Gasteiger partial charge in [-0.25, -0.2) is 9.18 Å². The Bertz CT molecular complexity index is 1070. The molecule has 0 saturated heterocycles. The molecule has 0 aliphatic heterocycles. The smallest absolute Gasteiger partial charge is 0.341 e. The van der Waals surface area contributed by atoms with Crippen LogP contribution in [0.4, 0.5) is 4.39 Å². The number of carboxylic acid groups (broad SMARTS) is 1. The van der Waals surface area contributed by atoms with Crippen LogP contribution in [-0.2, 0) is 21.7 Å². The van der Waals surface area contributed by atoms with E-state index in [-0.39, 0.29) is 11.4 Å². The highest BCUT2D eigenvalue weighted by Crippen LogP contribution is 2.23. The maximum atomic E-state index is 13.0. The van der Waals surface area contributed by atoms with Gasteiger partial charge in [-0.05, 0) is 73.4 Å². The number of rotatable bonds is 12. The van der Waals surface area contributed by atoms with Gasteiger partial charge in [-0.3, -0.25) is 4.98 Å². The number of hydrogen-bond donors (Lipinski definition) is 1. The molecule has 7 heteroatoms. The zero-order chi connectivity index (χ0) is 23.5. The predicted molar refractivity (Wildman–Crippen MR) is 128 cm³/mol. The van der Waals surface area contributed by atoms with Gasteiger partial charge in [0.05, 0.1) is 31.4 Å². The summed E-state index contributed by atoms with van der Waals surface area (Å²) in [7, 11) is 1.64. The summed E-state index contributed by atoms with van der Waals surface area (Å²) in [5.41, 5.74) is 2.31. The number of hydrogen-bond acceptors (Lipinski definition) is 5. The molecule has 1 heterocycles. The molecule has 0 aliphatic rings. The molecule has 172 valence electrons. The topological polar surface area (TPSA) is 68.7 Å². The van der Waals surface area contributed by atoms with Crippen LogP contribution >= 0.6 is 11.8 Å². The zero-order valence-electron chi connectivity index (χ0n) is 18.4. The summed E-state index contributed by atoms with van der Waals surface area (Å²) in [5.74, 6) is -0.000788. The first-order valence-corrected chi connectivity index (χ1v) is 11.6. The highest BCUT2D eigenvalue weighted by atomic mass is 32.2. The third-order valence-corrected chi connectivity index (χ3v) is 5.90. The highest BCUT2D eigenvalue weighted by molar-refractivity contribution is 7.98. The highest BCUT2D eigenvalue weighted by Gasteiger charge is 2.13. The number of aromatic nitrogens is 1. The van der Waals surface area contributed by atoms with E-state index in [0.717, 1.165) is 35.6 Å². The van der Waals surface area contributed by atoms with Crippen LogP contribution in [0.1, 0.15) is 29.8 Å². The van der Waals surface area contributed by atoms with E-state index in [0.29, 0.717) is 18.1 Å². The summed E-state index contributed by atoms with van der Waals surface area (Å²) in [6.45, 7) is 0.424. The van der Waals surface area contributed by atoms with Crippen LogP contribution in [0, 0.1) is 5.82 Å². The van der Waals surface area contributed by atoms with Crippen LogP contribution in [0.3, 0.4) is 0 Å². The normalized spacial score (nSPS) is 11.3. The van der Waals surface area contributed by atoms with E-state index < -0.39 is 5.97 Å². The molecule has 0 radical (unpaired) electrons. The average Bonchev–Trinajstić information content (AvgIpc) is 2.83. The minimum atomic E-state index is -1.09. The molecule has 1 aromatic heterocycles. The van der Waals surface area contributed by atoms with E-state index >= 15 is 0 Å². The number of aryl methyl sites for hydroxylation is 1. The molecule has 0 amide bonds. The van der Waals surface area contributed by atoms with Crippen molar-refractivity contribution in [2.45, 2.75) is 29.9 Å². The van der Waals surface area contributed by atoms with Crippen LogP contribution in [-0.4, -0.2) is 29.8 Å². The van der Waals surface area contributed by atoms with E-state index in [1.807, 2.05) is 30.3 Å². The van der Waals surface area contributed by atoms with Crippen molar-refractivity contribution >= 4 is 23.3 Å². The monoisotopic (exact) mass is 467 g/mol. The number of halogens is 1. The summed E-state index contributed by atoms with van der Waals surface area (Å²) < 4.78 is 23.7. The second-order valence-corrected chi connectivity index (χ2v) is 8.32. The predicted octanol–water partition coefficient (Wildman–Crippen LogP) is 5.99. The Morgan fingerprint density at radius 3 is 2.52 bits per heavy atom. The molecular formula is C26H26FNO4S. The van der Waals surface area contributed by atoms with E-state index in [4.69, 9.17) is 9.47 Å². The van der Waals surface area contributed by atoms with Crippen LogP contribution in [0.25, 0.3) is 5.57 Å². The molecule has 0 bridgehead atoms. The van der Waals surface area contributed by atoms with E-state index in [1.54, 1.807) is 31.4 Å². The molecule has 0 atom stereocenters. The van der Waals surface area contributed by atoms with Crippen LogP contribution in [0.5, 0.6) is 5.75 Å². The summed E-state index contributed by atoms with van der Waals surface area (Å²) in [4.78, 5) is 17.1. The molecule has 5 nitrogen and oxygen atoms in total. The molecule has 0 saturated carbocycles. The molecule has 0 aliphatic carbocycles. The standard InChI is InChI=1S/C26H26FNO4S/c1-31-22-12-8-19(9-13-22)5-2-3-16-32-17-24(26(29)30)25-7-4-6-21(28-25)18-33-23-14-10-20(27)11-15-23/h4,6-15,17H,2-3,5,16,18H2,1H3,(H,29,30). The van der Waals surface area contributed by atoms with Gasteiger partial charge in [-0.2, -0.15) is 0 Å². The molecular weight excluding hydrogens is 441 g/mol. The van der Waals surface area contributed by atoms with Crippen molar-refractivity contribution in [1.82, 2.24) is 4.98 Å². The first kappa shape index (κ1) is 24.3. The van der Waals surface area contributed by atoms with Gasteiger partial charge >= 0.3 is 5.97 Å². The first-order chi connectivity index (χ1) is 16.0. The van der Waals surface area contributed by atoms with Gasteiger partial charge in [-0.1, -0.05) is 18.2 Å². The van der Waals surface area contributed by atoms with Crippen molar-refractivity contribution < 1.29 is 23.8 Å². The molecule has 0 spiro atoms. The number of unbranched alkanes of at least 4 members (excludes halogenated alkanes) is 1. The van der Waals surface area contributed by atoms with Crippen molar-refractivity contribution in [3.63, 3.8) is 0 Å². The minimum Gasteiger partial charge on any atom is -0.500 e. The molecule has 0 unspecified atom stereocenters. The van der Waals surface area contributed by atoms with Crippen molar-refractivity contribution in [3.8, 4) is 5.75 Å². The van der Waals surface area contributed by atoms with Crippen LogP contribution in [0.2, 0.25) is 0 Å². The fraction of sp³-hybridized carbons (Fsp3) is 0.231. The van der Waals surface area contributed by atoms with Gasteiger partial charge in [0.1, 0.15) is 17.1 Å². The second-order valence-electron chi connectivity index (χ2n) is 7.27. The van der Waals surface area contributed by atoms with Crippen molar-refractivity contribution in [2.24, 2.45) is 0 Å². The third-order valence-electron chi connectivity index (χ3n) is 4.85. The molecule has 3 rings (SSSR count). The SMILES string of the molecule is COc1ccc(CCCCOC=C(C(=O)O)c2cccc(CSc3ccc(F)cc3)n2)cc1. The Labute approximate surface area is 197 Å². The van der Waals surface area contributed by atoms with E-state index in [2.05, 4.69) is 4.98 Å². The van der Waals surface area contributed by atoms with Gasteiger partial charge in [0.25, 0.3) is 0 Å². The number of thioether (sulfide) groups is 1. The number of nitrogens with zero attached hydrogens (tertiary/aromatic N) is 1. The largest absolute Gasteiger partial charge is 0.500 e. The second kappa shape index (κ2) is 12.6. The molecule has 33 heavy (non-hydrogen) atoms. The number of ether oxygens (including phenoxy) is 2. The summed E-state index contributed by atoms with van der Waals surface area (Å²) >= 11 is 1.50. The van der Waals surface area contributed by atoms with Crippen molar-refractivity contribution in [2.75, 3.05) is 13.7 Å².